The maximum Gasteiger partial charge on any atom is 0.252 e. The Morgan fingerprint density at radius 3 is 2.55 bits per heavy atom. The van der Waals surface area contributed by atoms with Gasteiger partial charge in [0, 0.05) is 29.2 Å². The number of carbonyl (C=O) groups is 1. The van der Waals surface area contributed by atoms with Crippen LogP contribution in [0.5, 0.6) is 0 Å². The first kappa shape index (κ1) is 14.6. The average Bonchev–Trinajstić information content (AvgIpc) is 2.98. The molecule has 2 rings (SSSR count). The molecule has 1 heterocycles. The molecule has 0 saturated heterocycles. The first-order valence-electron chi connectivity index (χ1n) is 6.79. The maximum atomic E-state index is 12.0. The van der Waals surface area contributed by atoms with Crippen molar-refractivity contribution >= 4 is 22.9 Å². The van der Waals surface area contributed by atoms with Crippen molar-refractivity contribution in [2.45, 2.75) is 19.9 Å². The van der Waals surface area contributed by atoms with E-state index in [0.29, 0.717) is 12.5 Å². The van der Waals surface area contributed by atoms with Gasteiger partial charge in [-0.05, 0) is 29.5 Å². The molecule has 4 heteroatoms. The Morgan fingerprint density at radius 2 is 1.95 bits per heavy atom. The summed E-state index contributed by atoms with van der Waals surface area (Å²) in [7, 11) is 0. The number of hydrogen-bond donors (Lipinski definition) is 2. The predicted molar refractivity (Wildman–Crippen MR) is 85.3 cm³/mol. The van der Waals surface area contributed by atoms with E-state index in [-0.39, 0.29) is 11.9 Å². The zero-order valence-electron chi connectivity index (χ0n) is 11.8. The Bertz CT molecular complexity index is 523. The van der Waals surface area contributed by atoms with Gasteiger partial charge in [0.1, 0.15) is 0 Å². The molecule has 1 aromatic heterocycles. The van der Waals surface area contributed by atoms with Gasteiger partial charge in [0.2, 0.25) is 0 Å². The van der Waals surface area contributed by atoms with E-state index in [4.69, 9.17) is 0 Å². The molecule has 0 aliphatic carbocycles. The van der Waals surface area contributed by atoms with Crippen LogP contribution in [0.3, 0.4) is 0 Å². The van der Waals surface area contributed by atoms with Crippen LogP contribution in [-0.4, -0.2) is 18.5 Å². The Kier molecular flexibility index (Phi) is 5.18. The molecule has 0 bridgehead atoms. The quantitative estimate of drug-likeness (QED) is 0.852. The molecular weight excluding hydrogens is 268 g/mol. The summed E-state index contributed by atoms with van der Waals surface area (Å²) >= 11 is 1.53. The van der Waals surface area contributed by atoms with Gasteiger partial charge >= 0.3 is 0 Å². The van der Waals surface area contributed by atoms with Crippen molar-refractivity contribution in [3.63, 3.8) is 0 Å². The number of carbonyl (C=O) groups excluding carboxylic acids is 1. The third-order valence-corrected chi connectivity index (χ3v) is 3.88. The van der Waals surface area contributed by atoms with Crippen LogP contribution in [0.25, 0.3) is 0 Å². The summed E-state index contributed by atoms with van der Waals surface area (Å²) in [4.78, 5) is 12.0. The minimum absolute atomic E-state index is 0.00763. The van der Waals surface area contributed by atoms with E-state index >= 15 is 0 Å². The van der Waals surface area contributed by atoms with E-state index in [2.05, 4.69) is 24.5 Å². The SMILES string of the molecule is CC(C)C(CNC(=O)c1ccsc1)Nc1ccccc1. The van der Waals surface area contributed by atoms with Crippen molar-refractivity contribution in [2.75, 3.05) is 11.9 Å². The van der Waals surface area contributed by atoms with Crippen molar-refractivity contribution in [3.8, 4) is 0 Å². The molecule has 1 atom stereocenters. The van der Waals surface area contributed by atoms with Crippen LogP contribution in [0.4, 0.5) is 5.69 Å². The number of benzene rings is 1. The van der Waals surface area contributed by atoms with E-state index in [1.165, 1.54) is 11.3 Å². The van der Waals surface area contributed by atoms with Crippen LogP contribution in [0.15, 0.2) is 47.2 Å². The average molecular weight is 288 g/mol. The standard InChI is InChI=1S/C16H20N2OS/c1-12(2)15(18-14-6-4-3-5-7-14)10-17-16(19)13-8-9-20-11-13/h3-9,11-12,15,18H,10H2,1-2H3,(H,17,19). The topological polar surface area (TPSA) is 41.1 Å². The monoisotopic (exact) mass is 288 g/mol. The van der Waals surface area contributed by atoms with Crippen molar-refractivity contribution < 1.29 is 4.79 Å². The van der Waals surface area contributed by atoms with E-state index in [1.54, 1.807) is 0 Å². The summed E-state index contributed by atoms with van der Waals surface area (Å²) in [6, 6.07) is 12.1. The van der Waals surface area contributed by atoms with Crippen molar-refractivity contribution in [1.82, 2.24) is 5.32 Å². The normalized spacial score (nSPS) is 12.2. The van der Waals surface area contributed by atoms with Gasteiger partial charge in [0.15, 0.2) is 0 Å². The Morgan fingerprint density at radius 1 is 1.20 bits per heavy atom. The second-order valence-electron chi connectivity index (χ2n) is 5.08. The van der Waals surface area contributed by atoms with Gasteiger partial charge < -0.3 is 10.6 Å². The lowest BCUT2D eigenvalue weighted by molar-refractivity contribution is 0.0951. The largest absolute Gasteiger partial charge is 0.380 e. The second kappa shape index (κ2) is 7.10. The van der Waals surface area contributed by atoms with E-state index in [1.807, 2.05) is 47.2 Å². The summed E-state index contributed by atoms with van der Waals surface area (Å²) < 4.78 is 0. The zero-order chi connectivity index (χ0) is 14.4. The van der Waals surface area contributed by atoms with Crippen LogP contribution in [0, 0.1) is 5.92 Å². The van der Waals surface area contributed by atoms with Gasteiger partial charge in [-0.2, -0.15) is 11.3 Å². The lowest BCUT2D eigenvalue weighted by Crippen LogP contribution is -2.39. The third-order valence-electron chi connectivity index (χ3n) is 3.20. The number of amides is 1. The number of anilines is 1. The molecular formula is C16H20N2OS. The number of hydrogen-bond acceptors (Lipinski definition) is 3. The molecule has 0 aliphatic heterocycles. The van der Waals surface area contributed by atoms with Gasteiger partial charge in [0.25, 0.3) is 5.91 Å². The Balaban J connectivity index is 1.91. The molecule has 0 saturated carbocycles. The number of para-hydroxylation sites is 1. The molecule has 2 N–H and O–H groups in total. The Hall–Kier alpha value is -1.81. The van der Waals surface area contributed by atoms with Gasteiger partial charge in [-0.15, -0.1) is 0 Å². The van der Waals surface area contributed by atoms with Crippen LogP contribution in [-0.2, 0) is 0 Å². The first-order valence-corrected chi connectivity index (χ1v) is 7.73. The van der Waals surface area contributed by atoms with Gasteiger partial charge in [-0.3, -0.25) is 4.79 Å². The molecule has 1 unspecified atom stereocenters. The van der Waals surface area contributed by atoms with Crippen LogP contribution >= 0.6 is 11.3 Å². The molecule has 3 nitrogen and oxygen atoms in total. The highest BCUT2D eigenvalue weighted by Gasteiger charge is 2.15. The number of nitrogens with one attached hydrogen (secondary N) is 2. The molecule has 0 fully saturated rings. The van der Waals surface area contributed by atoms with E-state index in [9.17, 15) is 4.79 Å². The smallest absolute Gasteiger partial charge is 0.252 e. The minimum Gasteiger partial charge on any atom is -0.380 e. The van der Waals surface area contributed by atoms with Crippen molar-refractivity contribution in [1.29, 1.82) is 0 Å². The molecule has 0 spiro atoms. The molecule has 106 valence electrons. The van der Waals surface area contributed by atoms with Gasteiger partial charge in [-0.1, -0.05) is 32.0 Å². The predicted octanol–water partition coefficient (Wildman–Crippen LogP) is 3.61. The van der Waals surface area contributed by atoms with Crippen LogP contribution in [0.2, 0.25) is 0 Å². The Labute approximate surface area is 124 Å². The molecule has 2 aromatic rings. The summed E-state index contributed by atoms with van der Waals surface area (Å²) in [6.07, 6.45) is 0. The summed E-state index contributed by atoms with van der Waals surface area (Å²) in [5.41, 5.74) is 1.81. The molecule has 1 amide bonds. The minimum atomic E-state index is -0.00763. The number of rotatable bonds is 6. The highest BCUT2D eigenvalue weighted by molar-refractivity contribution is 7.08. The van der Waals surface area contributed by atoms with Crippen LogP contribution < -0.4 is 10.6 Å². The highest BCUT2D eigenvalue weighted by Crippen LogP contribution is 2.12. The maximum absolute atomic E-state index is 12.0. The van der Waals surface area contributed by atoms with Crippen molar-refractivity contribution in [3.05, 3.63) is 52.7 Å². The molecule has 1 aromatic carbocycles. The van der Waals surface area contributed by atoms with E-state index in [0.717, 1.165) is 11.3 Å². The third kappa shape index (κ3) is 4.10. The molecule has 0 aliphatic rings. The fourth-order valence-electron chi connectivity index (χ4n) is 1.90. The van der Waals surface area contributed by atoms with Crippen molar-refractivity contribution in [2.24, 2.45) is 5.92 Å². The first-order chi connectivity index (χ1) is 9.66. The zero-order valence-corrected chi connectivity index (χ0v) is 12.6. The van der Waals surface area contributed by atoms with Crippen LogP contribution in [0.1, 0.15) is 24.2 Å². The summed E-state index contributed by atoms with van der Waals surface area (Å²) in [5, 5.41) is 10.2. The summed E-state index contributed by atoms with van der Waals surface area (Å²) in [6.45, 7) is 4.91. The van der Waals surface area contributed by atoms with Gasteiger partial charge in [-0.25, -0.2) is 0 Å². The van der Waals surface area contributed by atoms with E-state index < -0.39 is 0 Å². The lowest BCUT2D eigenvalue weighted by Gasteiger charge is -2.24. The molecule has 20 heavy (non-hydrogen) atoms. The summed E-state index contributed by atoms with van der Waals surface area (Å²) in [5.74, 6) is 0.421. The highest BCUT2D eigenvalue weighted by atomic mass is 32.1. The lowest BCUT2D eigenvalue weighted by atomic mass is 10.0. The fourth-order valence-corrected chi connectivity index (χ4v) is 2.54. The number of thiophene rings is 1. The molecule has 0 radical (unpaired) electrons. The fraction of sp³-hybridized carbons (Fsp3) is 0.312. The second-order valence-corrected chi connectivity index (χ2v) is 5.86. The van der Waals surface area contributed by atoms with Gasteiger partial charge in [0.05, 0.1) is 0 Å².